The van der Waals surface area contributed by atoms with Crippen molar-refractivity contribution in [1.29, 1.82) is 0 Å². The molecule has 2 aromatic rings. The highest BCUT2D eigenvalue weighted by Gasteiger charge is 2.53. The molecule has 2 N–H and O–H groups in total. The van der Waals surface area contributed by atoms with E-state index in [9.17, 15) is 18.8 Å². The summed E-state index contributed by atoms with van der Waals surface area (Å²) in [5, 5.41) is 5.43. The van der Waals surface area contributed by atoms with Crippen LogP contribution in [0, 0.1) is 12.7 Å². The number of rotatable bonds is 7. The van der Waals surface area contributed by atoms with Crippen LogP contribution in [0.2, 0.25) is 0 Å². The number of ether oxygens (including phenoxy) is 1. The molecular weight excluding hydrogens is 417 g/mol. The zero-order valence-electron chi connectivity index (χ0n) is 18.3. The fourth-order valence-electron chi connectivity index (χ4n) is 4.04. The Balaban J connectivity index is 1.62. The molecular formula is C22H26FN5O4. The number of anilines is 1. The maximum absolute atomic E-state index is 13.8. The number of amides is 3. The predicted molar refractivity (Wildman–Crippen MR) is 114 cm³/mol. The van der Waals surface area contributed by atoms with E-state index < -0.39 is 23.2 Å². The van der Waals surface area contributed by atoms with Crippen molar-refractivity contribution in [3.63, 3.8) is 0 Å². The molecule has 170 valence electrons. The number of imidazole rings is 1. The van der Waals surface area contributed by atoms with Gasteiger partial charge in [-0.2, -0.15) is 0 Å². The Bertz CT molecular complexity index is 1080. The van der Waals surface area contributed by atoms with E-state index in [1.807, 2.05) is 0 Å². The molecule has 0 radical (unpaired) electrons. The molecule has 1 aromatic carbocycles. The molecule has 1 aliphatic carbocycles. The number of methoxy groups -OCH3 is 1. The van der Waals surface area contributed by atoms with Crippen molar-refractivity contribution in [3.8, 4) is 0 Å². The molecule has 3 amide bonds. The van der Waals surface area contributed by atoms with Crippen molar-refractivity contribution in [2.24, 2.45) is 0 Å². The first-order valence-corrected chi connectivity index (χ1v) is 10.5. The van der Waals surface area contributed by atoms with Crippen molar-refractivity contribution < 1.29 is 23.5 Å². The van der Waals surface area contributed by atoms with Gasteiger partial charge in [-0.3, -0.25) is 14.4 Å². The summed E-state index contributed by atoms with van der Waals surface area (Å²) in [6, 6.07) is 4.29. The Labute approximate surface area is 184 Å². The number of benzene rings is 1. The van der Waals surface area contributed by atoms with E-state index in [2.05, 4.69) is 15.6 Å². The average Bonchev–Trinajstić information content (AvgIpc) is 3.48. The number of nitrogens with one attached hydrogen (secondary N) is 2. The highest BCUT2D eigenvalue weighted by atomic mass is 19.1. The maximum Gasteiger partial charge on any atom is 0.276 e. The summed E-state index contributed by atoms with van der Waals surface area (Å²) in [7, 11) is 1.55. The predicted octanol–water partition coefficient (Wildman–Crippen LogP) is 1.72. The van der Waals surface area contributed by atoms with Crippen LogP contribution in [0.1, 0.15) is 46.3 Å². The molecule has 1 atom stereocenters. The smallest absolute Gasteiger partial charge is 0.276 e. The van der Waals surface area contributed by atoms with Crippen molar-refractivity contribution in [2.45, 2.75) is 44.8 Å². The van der Waals surface area contributed by atoms with Crippen LogP contribution < -0.4 is 10.6 Å². The van der Waals surface area contributed by atoms with E-state index >= 15 is 0 Å². The first-order valence-electron chi connectivity index (χ1n) is 10.5. The quantitative estimate of drug-likeness (QED) is 0.634. The van der Waals surface area contributed by atoms with Crippen LogP contribution in [-0.2, 0) is 16.1 Å². The molecule has 1 unspecified atom stereocenters. The molecule has 1 aromatic heterocycles. The fourth-order valence-corrected chi connectivity index (χ4v) is 4.04. The third-order valence-corrected chi connectivity index (χ3v) is 5.91. The van der Waals surface area contributed by atoms with Crippen LogP contribution in [0.15, 0.2) is 24.5 Å². The maximum atomic E-state index is 13.8. The van der Waals surface area contributed by atoms with Crippen molar-refractivity contribution >= 4 is 23.4 Å². The monoisotopic (exact) mass is 443 g/mol. The van der Waals surface area contributed by atoms with Crippen LogP contribution >= 0.6 is 0 Å². The Morgan fingerprint density at radius 2 is 2.09 bits per heavy atom. The largest absolute Gasteiger partial charge is 0.383 e. The number of hydrogen-bond acceptors (Lipinski definition) is 5. The van der Waals surface area contributed by atoms with Crippen LogP contribution in [0.4, 0.5) is 10.1 Å². The number of aryl methyl sites for hydroxylation is 1. The van der Waals surface area contributed by atoms with Crippen LogP contribution in [0.3, 0.4) is 0 Å². The minimum Gasteiger partial charge on any atom is -0.383 e. The second kappa shape index (κ2) is 8.34. The normalized spacial score (nSPS) is 20.1. The Morgan fingerprint density at radius 1 is 1.34 bits per heavy atom. The summed E-state index contributed by atoms with van der Waals surface area (Å²) in [5.41, 5.74) is -0.314. The summed E-state index contributed by atoms with van der Waals surface area (Å²) in [6.07, 6.45) is 2.98. The molecule has 0 saturated heterocycles. The van der Waals surface area contributed by atoms with E-state index in [4.69, 9.17) is 4.74 Å². The fraction of sp³-hybridized carbons (Fsp3) is 0.455. The van der Waals surface area contributed by atoms with Gasteiger partial charge in [0.15, 0.2) is 5.69 Å². The molecule has 9 nitrogen and oxygen atoms in total. The standard InChI is InChI=1S/C22H26FN5O4/c1-13-4-5-14(10-16(13)23)26-19(29)17-18-20(30)28(15-6-7-15)22(2,11-27(18)12-25-17)21(31)24-8-9-32-3/h4-5,10,12,15H,6-9,11H2,1-3H3,(H,24,31)(H,26,29). The van der Waals surface area contributed by atoms with Gasteiger partial charge in [-0.15, -0.1) is 0 Å². The molecule has 1 saturated carbocycles. The molecule has 4 rings (SSSR count). The molecule has 1 aliphatic heterocycles. The van der Waals surface area contributed by atoms with E-state index in [1.54, 1.807) is 42.6 Å². The lowest BCUT2D eigenvalue weighted by Gasteiger charge is -2.44. The molecule has 2 aliphatic rings. The molecule has 0 spiro atoms. The van der Waals surface area contributed by atoms with Gasteiger partial charge in [-0.1, -0.05) is 6.07 Å². The number of nitrogens with zero attached hydrogens (tertiary/aromatic N) is 3. The lowest BCUT2D eigenvalue weighted by Crippen LogP contribution is -2.65. The molecule has 1 fully saturated rings. The first kappa shape index (κ1) is 21.9. The molecule has 10 heteroatoms. The lowest BCUT2D eigenvalue weighted by molar-refractivity contribution is -0.133. The Morgan fingerprint density at radius 3 is 2.75 bits per heavy atom. The second-order valence-electron chi connectivity index (χ2n) is 8.42. The summed E-state index contributed by atoms with van der Waals surface area (Å²) in [4.78, 5) is 45.1. The van der Waals surface area contributed by atoms with Crippen LogP contribution in [-0.4, -0.2) is 64.0 Å². The minimum absolute atomic E-state index is 0.0523. The minimum atomic E-state index is -1.12. The summed E-state index contributed by atoms with van der Waals surface area (Å²) >= 11 is 0. The molecule has 0 bridgehead atoms. The topological polar surface area (TPSA) is 106 Å². The van der Waals surface area contributed by atoms with E-state index in [0.29, 0.717) is 18.7 Å². The summed E-state index contributed by atoms with van der Waals surface area (Å²) in [5.74, 6) is -1.75. The number of carbonyl (C=O) groups is 3. The zero-order chi connectivity index (χ0) is 23.0. The van der Waals surface area contributed by atoms with E-state index in [-0.39, 0.29) is 35.6 Å². The van der Waals surface area contributed by atoms with Gasteiger partial charge < -0.3 is 24.8 Å². The molecule has 2 heterocycles. The van der Waals surface area contributed by atoms with Gasteiger partial charge in [0.25, 0.3) is 11.8 Å². The van der Waals surface area contributed by atoms with Crippen LogP contribution in [0.25, 0.3) is 0 Å². The zero-order valence-corrected chi connectivity index (χ0v) is 18.3. The highest BCUT2D eigenvalue weighted by molar-refractivity contribution is 6.11. The van der Waals surface area contributed by atoms with Crippen molar-refractivity contribution in [2.75, 3.05) is 25.6 Å². The Kier molecular flexibility index (Phi) is 5.72. The number of aromatic nitrogens is 2. The van der Waals surface area contributed by atoms with Gasteiger partial charge in [-0.25, -0.2) is 9.37 Å². The van der Waals surface area contributed by atoms with Gasteiger partial charge in [-0.05, 0) is 44.4 Å². The van der Waals surface area contributed by atoms with E-state index in [0.717, 1.165) is 12.8 Å². The first-order chi connectivity index (χ1) is 15.3. The number of fused-ring (bicyclic) bond motifs is 1. The van der Waals surface area contributed by atoms with Gasteiger partial charge in [0, 0.05) is 25.4 Å². The summed E-state index contributed by atoms with van der Waals surface area (Å²) in [6.45, 7) is 4.21. The Hall–Kier alpha value is -3.27. The summed E-state index contributed by atoms with van der Waals surface area (Å²) < 4.78 is 20.4. The SMILES string of the molecule is COCCNC(=O)C1(C)Cn2cnc(C(=O)Nc3ccc(C)c(F)c3)c2C(=O)N1C1CC1. The lowest BCUT2D eigenvalue weighted by atomic mass is 9.94. The third-order valence-electron chi connectivity index (χ3n) is 5.91. The van der Waals surface area contributed by atoms with Gasteiger partial charge in [0.1, 0.15) is 17.1 Å². The van der Waals surface area contributed by atoms with Crippen LogP contribution in [0.5, 0.6) is 0 Å². The third kappa shape index (κ3) is 3.86. The number of carbonyl (C=O) groups excluding carboxylic acids is 3. The second-order valence-corrected chi connectivity index (χ2v) is 8.42. The van der Waals surface area contributed by atoms with Crippen molar-refractivity contribution in [3.05, 3.63) is 47.3 Å². The average molecular weight is 443 g/mol. The van der Waals surface area contributed by atoms with Gasteiger partial charge in [0.05, 0.1) is 19.5 Å². The van der Waals surface area contributed by atoms with Gasteiger partial charge >= 0.3 is 0 Å². The number of halogens is 1. The van der Waals surface area contributed by atoms with Gasteiger partial charge in [0.2, 0.25) is 5.91 Å². The van der Waals surface area contributed by atoms with E-state index in [1.165, 1.54) is 12.4 Å². The molecule has 32 heavy (non-hydrogen) atoms. The highest BCUT2D eigenvalue weighted by Crippen LogP contribution is 2.38. The van der Waals surface area contributed by atoms with Crippen molar-refractivity contribution in [1.82, 2.24) is 19.8 Å². The number of hydrogen-bond donors (Lipinski definition) is 2.